The fraction of sp³-hybridized carbons (Fsp3) is 0.167. The Morgan fingerprint density at radius 1 is 1.20 bits per heavy atom. The van der Waals surface area contributed by atoms with E-state index in [1.54, 1.807) is 24.6 Å². The molecule has 2 heterocycles. The summed E-state index contributed by atoms with van der Waals surface area (Å²) in [6.45, 7) is 2.56. The molecule has 2 aromatic heterocycles. The molecule has 1 aromatic carbocycles. The molecule has 0 saturated heterocycles. The largest absolute Gasteiger partial charge is 0.380 e. The van der Waals surface area contributed by atoms with Crippen molar-refractivity contribution in [3.8, 4) is 0 Å². The lowest BCUT2D eigenvalue weighted by Crippen LogP contribution is -2.19. The molecule has 0 aliphatic carbocycles. The first-order chi connectivity index (χ1) is 12.2. The number of hydrogen-bond donors (Lipinski definition) is 3. The van der Waals surface area contributed by atoms with Crippen molar-refractivity contribution in [1.29, 1.82) is 0 Å². The number of carbonyl (C=O) groups excluding carboxylic acids is 1. The van der Waals surface area contributed by atoms with Crippen LogP contribution in [0.25, 0.3) is 0 Å². The first-order valence-corrected chi connectivity index (χ1v) is 8.66. The van der Waals surface area contributed by atoms with Gasteiger partial charge in [-0.3, -0.25) is 4.79 Å². The molecular weight excluding hydrogens is 334 g/mol. The predicted molar refractivity (Wildman–Crippen MR) is 102 cm³/mol. The monoisotopic (exact) mass is 353 g/mol. The zero-order chi connectivity index (χ0) is 17.6. The van der Waals surface area contributed by atoms with Crippen LogP contribution in [-0.2, 0) is 6.54 Å². The van der Waals surface area contributed by atoms with Crippen molar-refractivity contribution < 1.29 is 4.79 Å². The third kappa shape index (κ3) is 4.33. The Morgan fingerprint density at radius 2 is 2.08 bits per heavy atom. The lowest BCUT2D eigenvalue weighted by Gasteiger charge is -2.09. The van der Waals surface area contributed by atoms with E-state index in [0.29, 0.717) is 12.1 Å². The van der Waals surface area contributed by atoms with E-state index < -0.39 is 0 Å². The summed E-state index contributed by atoms with van der Waals surface area (Å²) in [4.78, 5) is 21.5. The highest BCUT2D eigenvalue weighted by Gasteiger charge is 2.08. The number of anilines is 3. The molecule has 7 heteroatoms. The van der Waals surface area contributed by atoms with Crippen molar-refractivity contribution in [3.05, 3.63) is 64.8 Å². The molecule has 128 valence electrons. The van der Waals surface area contributed by atoms with Gasteiger partial charge in [0.1, 0.15) is 5.82 Å². The van der Waals surface area contributed by atoms with E-state index >= 15 is 0 Å². The summed E-state index contributed by atoms with van der Waals surface area (Å²) in [6, 6.07) is 11.5. The molecular formula is C18H19N5OS. The summed E-state index contributed by atoms with van der Waals surface area (Å²) < 4.78 is 0. The maximum atomic E-state index is 11.9. The molecule has 3 N–H and O–H groups in total. The van der Waals surface area contributed by atoms with Crippen molar-refractivity contribution in [2.75, 3.05) is 17.7 Å². The predicted octanol–water partition coefficient (Wildman–Crippen LogP) is 3.56. The highest BCUT2D eigenvalue weighted by atomic mass is 32.1. The van der Waals surface area contributed by atoms with E-state index in [2.05, 4.69) is 25.9 Å². The highest BCUT2D eigenvalue weighted by Crippen LogP contribution is 2.23. The first-order valence-electron chi connectivity index (χ1n) is 7.85. The van der Waals surface area contributed by atoms with Gasteiger partial charge in [-0.1, -0.05) is 23.5 Å². The number of carbonyl (C=O) groups is 1. The van der Waals surface area contributed by atoms with Crippen LogP contribution in [0.2, 0.25) is 0 Å². The van der Waals surface area contributed by atoms with E-state index in [0.717, 1.165) is 27.1 Å². The van der Waals surface area contributed by atoms with E-state index in [1.165, 1.54) is 0 Å². The number of aryl methyl sites for hydroxylation is 1. The lowest BCUT2D eigenvalue weighted by atomic mass is 10.1. The Labute approximate surface area is 150 Å². The van der Waals surface area contributed by atoms with E-state index in [-0.39, 0.29) is 5.91 Å². The van der Waals surface area contributed by atoms with Crippen molar-refractivity contribution in [1.82, 2.24) is 15.3 Å². The average Bonchev–Trinajstić information content (AvgIpc) is 3.08. The molecule has 25 heavy (non-hydrogen) atoms. The number of hydrogen-bond acceptors (Lipinski definition) is 6. The van der Waals surface area contributed by atoms with Crippen molar-refractivity contribution in [2.45, 2.75) is 13.5 Å². The fourth-order valence-corrected chi connectivity index (χ4v) is 3.05. The van der Waals surface area contributed by atoms with Crippen LogP contribution in [0.1, 0.15) is 20.8 Å². The number of amides is 1. The number of rotatable bonds is 6. The quantitative estimate of drug-likeness (QED) is 0.631. The van der Waals surface area contributed by atoms with Crippen LogP contribution in [0.3, 0.4) is 0 Å². The number of benzene rings is 1. The normalized spacial score (nSPS) is 10.3. The summed E-state index contributed by atoms with van der Waals surface area (Å²) in [5.74, 6) is 0.686. The maximum Gasteiger partial charge on any atom is 0.251 e. The highest BCUT2D eigenvalue weighted by molar-refractivity contribution is 7.15. The molecule has 0 atom stereocenters. The Kier molecular flexibility index (Phi) is 5.25. The second-order valence-electron chi connectivity index (χ2n) is 5.43. The number of thiazole rings is 1. The third-order valence-electron chi connectivity index (χ3n) is 3.63. The molecule has 3 aromatic rings. The van der Waals surface area contributed by atoms with E-state index in [1.807, 2.05) is 49.5 Å². The molecule has 0 unspecified atom stereocenters. The summed E-state index contributed by atoms with van der Waals surface area (Å²) in [6.07, 6.45) is 3.57. The Balaban J connectivity index is 1.63. The first kappa shape index (κ1) is 16.9. The van der Waals surface area contributed by atoms with Crippen LogP contribution in [0, 0.1) is 6.92 Å². The molecule has 0 radical (unpaired) electrons. The molecule has 0 fully saturated rings. The van der Waals surface area contributed by atoms with E-state index in [9.17, 15) is 4.79 Å². The maximum absolute atomic E-state index is 11.9. The summed E-state index contributed by atoms with van der Waals surface area (Å²) >= 11 is 1.56. The zero-order valence-electron chi connectivity index (χ0n) is 14.0. The molecule has 0 spiro atoms. The zero-order valence-corrected chi connectivity index (χ0v) is 14.9. The van der Waals surface area contributed by atoms with Gasteiger partial charge in [0.2, 0.25) is 0 Å². The second kappa shape index (κ2) is 7.76. The standard InChI is InChI=1S/C18H19N5OS/c1-12-6-7-13(9-15(12)17(24)19-2)21-10-14-11-22-18(25-14)23-16-5-3-4-8-20-16/h3-9,11,21H,10H2,1-2H3,(H,19,24)(H,20,22,23). The number of aromatic nitrogens is 2. The van der Waals surface area contributed by atoms with Crippen molar-refractivity contribution in [2.24, 2.45) is 0 Å². The van der Waals surface area contributed by atoms with Crippen LogP contribution in [0.15, 0.2) is 48.8 Å². The summed E-state index contributed by atoms with van der Waals surface area (Å²) in [7, 11) is 1.63. The Bertz CT molecular complexity index is 863. The molecule has 0 saturated carbocycles. The van der Waals surface area contributed by atoms with Gasteiger partial charge in [0.25, 0.3) is 5.91 Å². The molecule has 1 amide bonds. The molecule has 6 nitrogen and oxygen atoms in total. The lowest BCUT2D eigenvalue weighted by molar-refractivity contribution is 0.0962. The van der Waals surface area contributed by atoms with Gasteiger partial charge in [-0.2, -0.15) is 0 Å². The van der Waals surface area contributed by atoms with Crippen LogP contribution < -0.4 is 16.0 Å². The summed E-state index contributed by atoms with van der Waals surface area (Å²) in [5.41, 5.74) is 2.52. The minimum atomic E-state index is -0.0826. The van der Waals surface area contributed by atoms with Gasteiger partial charge in [-0.25, -0.2) is 9.97 Å². The average molecular weight is 353 g/mol. The van der Waals surface area contributed by atoms with Crippen molar-refractivity contribution >= 4 is 33.9 Å². The van der Waals surface area contributed by atoms with Crippen LogP contribution >= 0.6 is 11.3 Å². The smallest absolute Gasteiger partial charge is 0.251 e. The van der Waals surface area contributed by atoms with E-state index in [4.69, 9.17) is 0 Å². The molecule has 0 aliphatic heterocycles. The minimum Gasteiger partial charge on any atom is -0.380 e. The van der Waals surface area contributed by atoms with Gasteiger partial charge in [-0.15, -0.1) is 0 Å². The molecule has 0 bridgehead atoms. The van der Waals surface area contributed by atoms with Crippen LogP contribution in [-0.4, -0.2) is 22.9 Å². The van der Waals surface area contributed by atoms with Gasteiger partial charge in [0.15, 0.2) is 5.13 Å². The third-order valence-corrected chi connectivity index (χ3v) is 4.54. The van der Waals surface area contributed by atoms with Crippen molar-refractivity contribution in [3.63, 3.8) is 0 Å². The topological polar surface area (TPSA) is 78.9 Å². The molecule has 3 rings (SSSR count). The number of nitrogens with zero attached hydrogens (tertiary/aromatic N) is 2. The van der Waals surface area contributed by atoms with Gasteiger partial charge in [-0.05, 0) is 36.8 Å². The van der Waals surface area contributed by atoms with Crippen LogP contribution in [0.4, 0.5) is 16.6 Å². The minimum absolute atomic E-state index is 0.0826. The Morgan fingerprint density at radius 3 is 2.84 bits per heavy atom. The summed E-state index contributed by atoms with van der Waals surface area (Å²) in [5, 5.41) is 9.97. The van der Waals surface area contributed by atoms with Gasteiger partial charge in [0.05, 0.1) is 6.54 Å². The second-order valence-corrected chi connectivity index (χ2v) is 6.55. The Hall–Kier alpha value is -2.93. The SMILES string of the molecule is CNC(=O)c1cc(NCc2cnc(Nc3ccccn3)s2)ccc1C. The number of nitrogens with one attached hydrogen (secondary N) is 3. The van der Waals surface area contributed by atoms with Crippen LogP contribution in [0.5, 0.6) is 0 Å². The number of pyridine rings is 1. The fourth-order valence-electron chi connectivity index (χ4n) is 2.29. The van der Waals surface area contributed by atoms with Gasteiger partial charge >= 0.3 is 0 Å². The molecule has 0 aliphatic rings. The van der Waals surface area contributed by atoms with Gasteiger partial charge in [0, 0.05) is 35.6 Å². The van der Waals surface area contributed by atoms with Gasteiger partial charge < -0.3 is 16.0 Å².